The van der Waals surface area contributed by atoms with Crippen LogP contribution in [-0.4, -0.2) is 25.7 Å². The Balaban J connectivity index is 1.64. The van der Waals surface area contributed by atoms with E-state index in [9.17, 15) is 9.90 Å². The number of hydrogen-bond acceptors (Lipinski definition) is 5. The van der Waals surface area contributed by atoms with Crippen molar-refractivity contribution in [2.45, 2.75) is 26.3 Å². The van der Waals surface area contributed by atoms with E-state index < -0.39 is 0 Å². The predicted octanol–water partition coefficient (Wildman–Crippen LogP) is 3.03. The van der Waals surface area contributed by atoms with Gasteiger partial charge in [-0.3, -0.25) is 10.1 Å². The Hall–Kier alpha value is -3.09. The smallest absolute Gasteiger partial charge is 0.231 e. The van der Waals surface area contributed by atoms with Crippen molar-refractivity contribution in [3.63, 3.8) is 0 Å². The first-order valence-electron chi connectivity index (χ1n) is 7.71. The monoisotopic (exact) mass is 324 g/mol. The lowest BCUT2D eigenvalue weighted by molar-refractivity contribution is -0.115. The van der Waals surface area contributed by atoms with Crippen molar-refractivity contribution < 1.29 is 14.4 Å². The van der Waals surface area contributed by atoms with Crippen LogP contribution in [0, 0.1) is 6.92 Å². The average Bonchev–Trinajstić information content (AvgIpc) is 3.13. The van der Waals surface area contributed by atoms with E-state index in [0.717, 1.165) is 11.0 Å². The molecule has 0 aliphatic carbocycles. The van der Waals surface area contributed by atoms with E-state index in [2.05, 4.69) is 15.5 Å². The van der Waals surface area contributed by atoms with E-state index in [0.29, 0.717) is 35.9 Å². The number of fused-ring (bicyclic) bond motifs is 3. The molecule has 2 N–H and O–H groups in total. The molecule has 122 valence electrons. The lowest BCUT2D eigenvalue weighted by atomic mass is 10.1. The predicted molar refractivity (Wildman–Crippen MR) is 88.4 cm³/mol. The molecule has 0 fully saturated rings. The fourth-order valence-electron chi connectivity index (χ4n) is 2.98. The van der Waals surface area contributed by atoms with Crippen LogP contribution in [0.5, 0.6) is 0 Å². The Kier molecular flexibility index (Phi) is 3.34. The second kappa shape index (κ2) is 5.52. The molecule has 1 aromatic carbocycles. The fourth-order valence-corrected chi connectivity index (χ4v) is 2.98. The number of anilines is 1. The van der Waals surface area contributed by atoms with Gasteiger partial charge in [0.1, 0.15) is 11.6 Å². The molecule has 0 unspecified atom stereocenters. The number of nitrogens with zero attached hydrogens (tertiary/aromatic N) is 3. The van der Waals surface area contributed by atoms with E-state index in [1.165, 1.54) is 0 Å². The van der Waals surface area contributed by atoms with Crippen LogP contribution in [0.2, 0.25) is 0 Å². The summed E-state index contributed by atoms with van der Waals surface area (Å²) in [6.07, 6.45) is 0.506. The SMILES string of the molecule is Cc1cc(NC(=O)CC2=C(O)CCn3c2nc2ccccc23)on1. The zero-order valence-electron chi connectivity index (χ0n) is 13.1. The molecule has 0 atom stereocenters. The van der Waals surface area contributed by atoms with Crippen molar-refractivity contribution >= 4 is 28.4 Å². The van der Waals surface area contributed by atoms with Crippen LogP contribution in [0.1, 0.15) is 24.4 Å². The molecule has 0 radical (unpaired) electrons. The van der Waals surface area contributed by atoms with Crippen molar-refractivity contribution in [2.24, 2.45) is 0 Å². The first kappa shape index (κ1) is 14.5. The van der Waals surface area contributed by atoms with Gasteiger partial charge in [0.2, 0.25) is 11.8 Å². The van der Waals surface area contributed by atoms with Crippen LogP contribution in [-0.2, 0) is 11.3 Å². The van der Waals surface area contributed by atoms with Crippen LogP contribution in [0.4, 0.5) is 5.88 Å². The van der Waals surface area contributed by atoms with Crippen LogP contribution in [0.25, 0.3) is 16.6 Å². The molecule has 7 nitrogen and oxygen atoms in total. The molecule has 2 aromatic heterocycles. The summed E-state index contributed by atoms with van der Waals surface area (Å²) in [5.41, 5.74) is 3.09. The van der Waals surface area contributed by atoms with E-state index in [1.807, 2.05) is 28.8 Å². The largest absolute Gasteiger partial charge is 0.512 e. The van der Waals surface area contributed by atoms with Crippen LogP contribution < -0.4 is 5.32 Å². The average molecular weight is 324 g/mol. The summed E-state index contributed by atoms with van der Waals surface area (Å²) in [6, 6.07) is 9.43. The molecule has 0 saturated carbocycles. The summed E-state index contributed by atoms with van der Waals surface area (Å²) in [5.74, 6) is 0.862. The Morgan fingerprint density at radius 1 is 1.42 bits per heavy atom. The Bertz CT molecular complexity index is 967. The van der Waals surface area contributed by atoms with Gasteiger partial charge in [-0.15, -0.1) is 0 Å². The summed E-state index contributed by atoms with van der Waals surface area (Å²) >= 11 is 0. The Labute approximate surface area is 137 Å². The quantitative estimate of drug-likeness (QED) is 0.772. The zero-order chi connectivity index (χ0) is 16.7. The molecule has 1 aliphatic rings. The van der Waals surface area contributed by atoms with Gasteiger partial charge in [-0.05, 0) is 19.1 Å². The minimum atomic E-state index is -0.284. The highest BCUT2D eigenvalue weighted by molar-refractivity contribution is 5.97. The second-order valence-corrected chi connectivity index (χ2v) is 5.81. The van der Waals surface area contributed by atoms with Crippen molar-refractivity contribution in [3.05, 3.63) is 47.6 Å². The third-order valence-electron chi connectivity index (χ3n) is 4.07. The van der Waals surface area contributed by atoms with Crippen LogP contribution in [0.3, 0.4) is 0 Å². The summed E-state index contributed by atoms with van der Waals surface area (Å²) < 4.78 is 7.03. The highest BCUT2D eigenvalue weighted by atomic mass is 16.5. The fraction of sp³-hybridized carbons (Fsp3) is 0.235. The number of aliphatic hydroxyl groups excluding tert-OH is 1. The van der Waals surface area contributed by atoms with E-state index in [4.69, 9.17) is 4.52 Å². The molecule has 4 rings (SSSR count). The van der Waals surface area contributed by atoms with Crippen molar-refractivity contribution in [1.82, 2.24) is 14.7 Å². The summed E-state index contributed by atoms with van der Waals surface area (Å²) in [7, 11) is 0. The number of aliphatic hydroxyl groups is 1. The number of aryl methyl sites for hydroxylation is 2. The maximum absolute atomic E-state index is 12.3. The molecular formula is C17H16N4O3. The lowest BCUT2D eigenvalue weighted by Gasteiger charge is -2.18. The van der Waals surface area contributed by atoms with Gasteiger partial charge >= 0.3 is 0 Å². The number of aromatic nitrogens is 3. The maximum atomic E-state index is 12.3. The molecule has 3 aromatic rings. The van der Waals surface area contributed by atoms with Gasteiger partial charge in [0, 0.05) is 24.6 Å². The standard InChI is InChI=1S/C17H16N4O3/c1-10-8-16(24-20-10)19-15(23)9-11-14(22)6-7-21-13-5-3-2-4-12(13)18-17(11)21/h2-5,8,22H,6-7,9H2,1H3,(H,19,23). The lowest BCUT2D eigenvalue weighted by Crippen LogP contribution is -2.17. The number of benzene rings is 1. The number of imidazole rings is 1. The Morgan fingerprint density at radius 2 is 2.25 bits per heavy atom. The first-order chi connectivity index (χ1) is 11.6. The Morgan fingerprint density at radius 3 is 3.04 bits per heavy atom. The molecule has 0 bridgehead atoms. The number of para-hydroxylation sites is 2. The normalized spacial score (nSPS) is 14.0. The van der Waals surface area contributed by atoms with Gasteiger partial charge in [-0.2, -0.15) is 0 Å². The topological polar surface area (TPSA) is 93.2 Å². The molecule has 1 aliphatic heterocycles. The van der Waals surface area contributed by atoms with Crippen LogP contribution in [0.15, 0.2) is 40.6 Å². The number of allylic oxidation sites excluding steroid dienone is 1. The van der Waals surface area contributed by atoms with Crippen LogP contribution >= 0.6 is 0 Å². The third-order valence-corrected chi connectivity index (χ3v) is 4.07. The number of carbonyl (C=O) groups is 1. The van der Waals surface area contributed by atoms with Crippen molar-refractivity contribution in [1.29, 1.82) is 0 Å². The van der Waals surface area contributed by atoms with E-state index >= 15 is 0 Å². The van der Waals surface area contributed by atoms with Crippen molar-refractivity contribution in [2.75, 3.05) is 5.32 Å². The first-order valence-corrected chi connectivity index (χ1v) is 7.71. The third kappa shape index (κ3) is 2.44. The minimum absolute atomic E-state index is 0.0227. The van der Waals surface area contributed by atoms with Gasteiger partial charge in [-0.1, -0.05) is 17.3 Å². The highest BCUT2D eigenvalue weighted by Crippen LogP contribution is 2.31. The maximum Gasteiger partial charge on any atom is 0.231 e. The molecule has 0 saturated heterocycles. The van der Waals surface area contributed by atoms with Gasteiger partial charge in [0.15, 0.2) is 0 Å². The number of rotatable bonds is 3. The number of carbonyl (C=O) groups excluding carboxylic acids is 1. The number of hydrogen-bond donors (Lipinski definition) is 2. The van der Waals surface area contributed by atoms with Gasteiger partial charge in [0.25, 0.3) is 0 Å². The summed E-state index contributed by atoms with van der Waals surface area (Å²) in [6.45, 7) is 2.42. The summed E-state index contributed by atoms with van der Waals surface area (Å²) in [5, 5.41) is 16.6. The molecule has 1 amide bonds. The van der Waals surface area contributed by atoms with Gasteiger partial charge in [0.05, 0.1) is 23.1 Å². The van der Waals surface area contributed by atoms with Gasteiger partial charge < -0.3 is 14.2 Å². The molecule has 7 heteroatoms. The highest BCUT2D eigenvalue weighted by Gasteiger charge is 2.24. The van der Waals surface area contributed by atoms with E-state index in [-0.39, 0.29) is 18.1 Å². The zero-order valence-corrected chi connectivity index (χ0v) is 13.1. The minimum Gasteiger partial charge on any atom is -0.512 e. The number of amides is 1. The number of nitrogens with one attached hydrogen (secondary N) is 1. The van der Waals surface area contributed by atoms with E-state index in [1.54, 1.807) is 13.0 Å². The molecule has 0 spiro atoms. The second-order valence-electron chi connectivity index (χ2n) is 5.81. The molecule has 24 heavy (non-hydrogen) atoms. The summed E-state index contributed by atoms with van der Waals surface area (Å²) in [4.78, 5) is 16.9. The molecular weight excluding hydrogens is 308 g/mol. The molecule has 3 heterocycles. The van der Waals surface area contributed by atoms with Crippen molar-refractivity contribution in [3.8, 4) is 0 Å². The van der Waals surface area contributed by atoms with Gasteiger partial charge in [-0.25, -0.2) is 4.98 Å².